The van der Waals surface area contributed by atoms with Crippen LogP contribution < -0.4 is 0 Å². The largest absolute Gasteiger partial charge is 0.288 e. The van der Waals surface area contributed by atoms with Gasteiger partial charge in [-0.25, -0.2) is 0 Å². The molecule has 0 saturated heterocycles. The average Bonchev–Trinajstić information content (AvgIpc) is 2.36. The Balaban J connectivity index is 2.26. The van der Waals surface area contributed by atoms with Gasteiger partial charge >= 0.3 is 0 Å². The first-order chi connectivity index (χ1) is 7.79. The molecule has 1 aliphatic heterocycles. The van der Waals surface area contributed by atoms with Gasteiger partial charge in [0.05, 0.1) is 10.5 Å². The number of carbonyl (C=O) groups excluding carboxylic acids is 2. The van der Waals surface area contributed by atoms with Crippen molar-refractivity contribution >= 4 is 29.5 Å². The molecule has 2 aliphatic rings. The lowest BCUT2D eigenvalue weighted by Gasteiger charge is -2.18. The van der Waals surface area contributed by atoms with Crippen LogP contribution in [-0.2, 0) is 0 Å². The Morgan fingerprint density at radius 2 is 2.12 bits per heavy atom. The highest BCUT2D eigenvalue weighted by atomic mass is 32.2. The molecule has 1 aromatic heterocycles. The molecule has 0 aromatic carbocycles. The van der Waals surface area contributed by atoms with Gasteiger partial charge in [0.2, 0.25) is 11.6 Å². The van der Waals surface area contributed by atoms with Gasteiger partial charge in [-0.2, -0.15) is 0 Å². The summed E-state index contributed by atoms with van der Waals surface area (Å²) in [5.41, 5.74) is 0.842. The molecule has 3 rings (SSSR count). The number of allylic oxidation sites excluding steroid dienone is 2. The molecule has 0 saturated carbocycles. The molecule has 1 aromatic rings. The van der Waals surface area contributed by atoms with E-state index in [9.17, 15) is 9.59 Å². The summed E-state index contributed by atoms with van der Waals surface area (Å²) in [5, 5.41) is 0. The maximum atomic E-state index is 12.1. The minimum atomic E-state index is -0.256. The molecule has 0 bridgehead atoms. The molecule has 4 nitrogen and oxygen atoms in total. The Labute approximate surface area is 95.5 Å². The number of nitrogens with zero attached hydrogens (tertiary/aromatic N) is 2. The molecule has 16 heavy (non-hydrogen) atoms. The van der Waals surface area contributed by atoms with Crippen LogP contribution in [0, 0.1) is 0 Å². The number of ketones is 2. The monoisotopic (exact) mass is 230 g/mol. The van der Waals surface area contributed by atoms with Crippen molar-refractivity contribution in [1.29, 1.82) is 0 Å². The number of hydrogen-bond acceptors (Lipinski definition) is 5. The molecule has 0 spiro atoms. The zero-order valence-electron chi connectivity index (χ0n) is 8.14. The minimum Gasteiger partial charge on any atom is -0.288 e. The fourth-order valence-electron chi connectivity index (χ4n) is 1.71. The number of hydrogen-bond donors (Lipinski definition) is 0. The van der Waals surface area contributed by atoms with Gasteiger partial charge < -0.3 is 0 Å². The number of fused-ring (bicyclic) bond motifs is 1. The summed E-state index contributed by atoms with van der Waals surface area (Å²) in [6, 6.07) is 3.29. The third kappa shape index (κ3) is 1.18. The number of rotatable bonds is 0. The Bertz CT molecular complexity index is 575. The molecular formula is C11H6N2O2S. The Morgan fingerprint density at radius 1 is 1.25 bits per heavy atom. The summed E-state index contributed by atoms with van der Waals surface area (Å²) >= 11 is 1.35. The van der Waals surface area contributed by atoms with Crippen molar-refractivity contribution < 1.29 is 9.59 Å². The number of aliphatic imine (C=N–C) groups is 1. The van der Waals surface area contributed by atoms with Crippen LogP contribution in [0.1, 0.15) is 20.8 Å². The van der Waals surface area contributed by atoms with Crippen molar-refractivity contribution in [1.82, 2.24) is 4.98 Å². The summed E-state index contributed by atoms with van der Waals surface area (Å²) < 4.78 is 0. The highest BCUT2D eigenvalue weighted by Gasteiger charge is 2.34. The Hall–Kier alpha value is -1.75. The van der Waals surface area contributed by atoms with Crippen LogP contribution in [0.4, 0.5) is 0 Å². The fourth-order valence-corrected chi connectivity index (χ4v) is 2.55. The molecule has 1 aliphatic carbocycles. The molecule has 0 radical (unpaired) electrons. The van der Waals surface area contributed by atoms with Crippen LogP contribution in [0.3, 0.4) is 0 Å². The molecule has 78 valence electrons. The van der Waals surface area contributed by atoms with Gasteiger partial charge in [-0.3, -0.25) is 19.6 Å². The minimum absolute atomic E-state index is 0.139. The van der Waals surface area contributed by atoms with E-state index in [1.807, 2.05) is 0 Å². The van der Waals surface area contributed by atoms with E-state index in [1.54, 1.807) is 18.3 Å². The van der Waals surface area contributed by atoms with Crippen LogP contribution in [0.2, 0.25) is 0 Å². The second-order valence-corrected chi connectivity index (χ2v) is 4.39. The molecule has 0 amide bonds. The summed E-state index contributed by atoms with van der Waals surface area (Å²) in [7, 11) is 0. The van der Waals surface area contributed by atoms with Gasteiger partial charge in [0, 0.05) is 18.2 Å². The molecular weight excluding hydrogens is 224 g/mol. The molecule has 0 atom stereocenters. The maximum Gasteiger partial charge on any atom is 0.231 e. The lowest BCUT2D eigenvalue weighted by Crippen LogP contribution is -2.23. The smallest absolute Gasteiger partial charge is 0.231 e. The molecule has 0 N–H and O–H groups in total. The molecule has 5 heteroatoms. The topological polar surface area (TPSA) is 59.4 Å². The van der Waals surface area contributed by atoms with Gasteiger partial charge in [0.25, 0.3) is 0 Å². The number of pyridine rings is 1. The average molecular weight is 230 g/mol. The van der Waals surface area contributed by atoms with Crippen LogP contribution in [-0.4, -0.2) is 28.5 Å². The van der Waals surface area contributed by atoms with Gasteiger partial charge in [-0.1, -0.05) is 0 Å². The van der Waals surface area contributed by atoms with E-state index < -0.39 is 0 Å². The van der Waals surface area contributed by atoms with Crippen LogP contribution in [0.5, 0.6) is 0 Å². The number of aromatic nitrogens is 1. The number of thioether (sulfide) groups is 1. The first-order valence-corrected chi connectivity index (χ1v) is 5.71. The van der Waals surface area contributed by atoms with Gasteiger partial charge in [-0.15, -0.1) is 11.8 Å². The van der Waals surface area contributed by atoms with E-state index in [2.05, 4.69) is 9.98 Å². The van der Waals surface area contributed by atoms with E-state index in [4.69, 9.17) is 0 Å². The van der Waals surface area contributed by atoms with Crippen molar-refractivity contribution in [2.45, 2.75) is 0 Å². The van der Waals surface area contributed by atoms with Gasteiger partial charge in [0.1, 0.15) is 11.4 Å². The molecule has 0 fully saturated rings. The first-order valence-electron chi connectivity index (χ1n) is 4.73. The van der Waals surface area contributed by atoms with Gasteiger partial charge in [0.15, 0.2) is 0 Å². The highest BCUT2D eigenvalue weighted by Crippen LogP contribution is 2.33. The predicted octanol–water partition coefficient (Wildman–Crippen LogP) is 1.49. The lowest BCUT2D eigenvalue weighted by atomic mass is 9.97. The van der Waals surface area contributed by atoms with Crippen molar-refractivity contribution in [2.24, 2.45) is 4.99 Å². The second kappa shape index (κ2) is 3.38. The van der Waals surface area contributed by atoms with E-state index in [1.165, 1.54) is 18.0 Å². The number of Topliss-reactive ketones (excluding diaryl/α,β-unsaturated/α-hetero) is 2. The SMILES string of the molecule is O=C1C2=C(N=CCS2)C(=O)c2ncccc21. The van der Waals surface area contributed by atoms with E-state index in [0.29, 0.717) is 16.2 Å². The third-order valence-electron chi connectivity index (χ3n) is 2.43. The van der Waals surface area contributed by atoms with Crippen molar-refractivity contribution in [3.63, 3.8) is 0 Å². The Morgan fingerprint density at radius 3 is 3.00 bits per heavy atom. The van der Waals surface area contributed by atoms with Crippen molar-refractivity contribution in [3.05, 3.63) is 40.2 Å². The predicted molar refractivity (Wildman–Crippen MR) is 60.9 cm³/mol. The zero-order valence-corrected chi connectivity index (χ0v) is 8.95. The normalized spacial score (nSPS) is 18.5. The first kappa shape index (κ1) is 9.47. The molecule has 0 unspecified atom stereocenters. The standard InChI is InChI=1S/C11H6N2O2S/c14-9-6-2-1-3-12-7(6)10(15)8-11(9)16-5-4-13-8/h1-4H,5H2. The lowest BCUT2D eigenvalue weighted by molar-refractivity contribution is 0.0976. The van der Waals surface area contributed by atoms with Crippen LogP contribution >= 0.6 is 11.8 Å². The maximum absolute atomic E-state index is 12.1. The summed E-state index contributed by atoms with van der Waals surface area (Å²) in [5.74, 6) is 0.237. The molecule has 2 heterocycles. The second-order valence-electron chi connectivity index (χ2n) is 3.36. The number of carbonyl (C=O) groups is 2. The van der Waals surface area contributed by atoms with E-state index in [0.717, 1.165) is 0 Å². The quantitative estimate of drug-likeness (QED) is 0.677. The van der Waals surface area contributed by atoms with Crippen LogP contribution in [0.25, 0.3) is 0 Å². The third-order valence-corrected chi connectivity index (χ3v) is 3.41. The fraction of sp³-hybridized carbons (Fsp3) is 0.0909. The van der Waals surface area contributed by atoms with Gasteiger partial charge in [-0.05, 0) is 12.1 Å². The van der Waals surface area contributed by atoms with E-state index >= 15 is 0 Å². The summed E-state index contributed by atoms with van der Waals surface area (Å²) in [6.45, 7) is 0. The Kier molecular flexibility index (Phi) is 2.00. The van der Waals surface area contributed by atoms with Crippen LogP contribution in [0.15, 0.2) is 33.9 Å². The van der Waals surface area contributed by atoms with Crippen molar-refractivity contribution in [3.8, 4) is 0 Å². The highest BCUT2D eigenvalue weighted by molar-refractivity contribution is 8.04. The summed E-state index contributed by atoms with van der Waals surface area (Å²) in [4.78, 5) is 32.5. The van der Waals surface area contributed by atoms with E-state index in [-0.39, 0.29) is 23.0 Å². The summed E-state index contributed by atoms with van der Waals surface area (Å²) in [6.07, 6.45) is 3.15. The zero-order chi connectivity index (χ0) is 11.1. The van der Waals surface area contributed by atoms with Crippen molar-refractivity contribution in [2.75, 3.05) is 5.75 Å².